The van der Waals surface area contributed by atoms with E-state index in [0.717, 1.165) is 24.0 Å². The molecule has 1 aliphatic rings. The molecule has 1 saturated carbocycles. The zero-order chi connectivity index (χ0) is 15.0. The van der Waals surface area contributed by atoms with E-state index < -0.39 is 0 Å². The predicted octanol–water partition coefficient (Wildman–Crippen LogP) is 4.44. The van der Waals surface area contributed by atoms with Crippen LogP contribution < -0.4 is 5.32 Å². The van der Waals surface area contributed by atoms with Gasteiger partial charge in [0.25, 0.3) is 0 Å². The number of hydrogen-bond acceptors (Lipinski definition) is 2. The number of hydrogen-bond donors (Lipinski definition) is 1. The Hall–Kier alpha value is -0.0800. The van der Waals surface area contributed by atoms with Crippen molar-refractivity contribution < 1.29 is 0 Å². The van der Waals surface area contributed by atoms with Crippen LogP contribution in [0.15, 0.2) is 0 Å². The molecule has 2 unspecified atom stereocenters. The molecule has 1 fully saturated rings. The van der Waals surface area contributed by atoms with Crippen molar-refractivity contribution in [3.05, 3.63) is 0 Å². The monoisotopic (exact) mass is 282 g/mol. The molecule has 0 aliphatic heterocycles. The molecule has 2 heteroatoms. The van der Waals surface area contributed by atoms with Crippen LogP contribution >= 0.6 is 0 Å². The summed E-state index contributed by atoms with van der Waals surface area (Å²) in [5.74, 6) is 0.777. The second-order valence-corrected chi connectivity index (χ2v) is 7.03. The highest BCUT2D eigenvalue weighted by Crippen LogP contribution is 2.27. The first-order chi connectivity index (χ1) is 9.62. The molecule has 0 bridgehead atoms. The second kappa shape index (κ2) is 9.78. The lowest BCUT2D eigenvalue weighted by molar-refractivity contribution is 0.0752. The van der Waals surface area contributed by atoms with E-state index in [4.69, 9.17) is 0 Å². The Morgan fingerprint density at radius 1 is 1.10 bits per heavy atom. The number of nitrogens with one attached hydrogen (secondary N) is 1. The van der Waals surface area contributed by atoms with Gasteiger partial charge in [-0.2, -0.15) is 0 Å². The largest absolute Gasteiger partial charge is 0.314 e. The van der Waals surface area contributed by atoms with Crippen molar-refractivity contribution in [1.29, 1.82) is 0 Å². The predicted molar refractivity (Wildman–Crippen MR) is 90.3 cm³/mol. The number of nitrogens with zero attached hydrogens (tertiary/aromatic N) is 1. The van der Waals surface area contributed by atoms with Gasteiger partial charge in [-0.3, -0.25) is 4.90 Å². The highest BCUT2D eigenvalue weighted by molar-refractivity contribution is 4.87. The minimum atomic E-state index is 0.762. The summed E-state index contributed by atoms with van der Waals surface area (Å²) >= 11 is 0. The molecule has 0 aromatic rings. The molecule has 0 radical (unpaired) electrons. The lowest BCUT2D eigenvalue weighted by Crippen LogP contribution is -2.49. The normalized spacial score (nSPS) is 24.0. The summed E-state index contributed by atoms with van der Waals surface area (Å²) < 4.78 is 0. The minimum absolute atomic E-state index is 0.762. The SMILES string of the molecule is CCCNC1CCCC(N(CC(C)C)C(CC)CC)C1. The summed E-state index contributed by atoms with van der Waals surface area (Å²) in [4.78, 5) is 2.85. The topological polar surface area (TPSA) is 15.3 Å². The van der Waals surface area contributed by atoms with E-state index in [1.54, 1.807) is 0 Å². The molecule has 2 atom stereocenters. The Labute approximate surface area is 127 Å². The highest BCUT2D eigenvalue weighted by Gasteiger charge is 2.29. The summed E-state index contributed by atoms with van der Waals surface area (Å²) in [5, 5.41) is 3.76. The van der Waals surface area contributed by atoms with Crippen LogP contribution in [0.2, 0.25) is 0 Å². The minimum Gasteiger partial charge on any atom is -0.314 e. The third-order valence-corrected chi connectivity index (χ3v) is 4.79. The lowest BCUT2D eigenvalue weighted by Gasteiger charge is -2.42. The van der Waals surface area contributed by atoms with Crippen molar-refractivity contribution >= 4 is 0 Å². The van der Waals surface area contributed by atoms with Crippen molar-refractivity contribution in [3.8, 4) is 0 Å². The van der Waals surface area contributed by atoms with Gasteiger partial charge < -0.3 is 5.32 Å². The molecule has 1 aliphatic carbocycles. The van der Waals surface area contributed by atoms with Crippen molar-refractivity contribution in [3.63, 3.8) is 0 Å². The smallest absolute Gasteiger partial charge is 0.0113 e. The number of rotatable bonds is 9. The molecule has 0 heterocycles. The fourth-order valence-electron chi connectivity index (χ4n) is 3.77. The van der Waals surface area contributed by atoms with Gasteiger partial charge in [-0.05, 0) is 51.0 Å². The van der Waals surface area contributed by atoms with Crippen LogP contribution in [0.5, 0.6) is 0 Å². The van der Waals surface area contributed by atoms with Gasteiger partial charge in [-0.15, -0.1) is 0 Å². The molecule has 1 rings (SSSR count). The Kier molecular flexibility index (Phi) is 8.79. The van der Waals surface area contributed by atoms with Gasteiger partial charge in [-0.25, -0.2) is 0 Å². The Bertz CT molecular complexity index is 236. The van der Waals surface area contributed by atoms with E-state index in [9.17, 15) is 0 Å². The van der Waals surface area contributed by atoms with Gasteiger partial charge in [0.2, 0.25) is 0 Å². The summed E-state index contributed by atoms with van der Waals surface area (Å²) in [6.45, 7) is 14.2. The molecular weight excluding hydrogens is 244 g/mol. The third-order valence-electron chi connectivity index (χ3n) is 4.79. The first kappa shape index (κ1) is 18.0. The molecule has 1 N–H and O–H groups in total. The summed E-state index contributed by atoms with van der Waals surface area (Å²) in [6, 6.07) is 2.36. The Balaban J connectivity index is 2.63. The quantitative estimate of drug-likeness (QED) is 0.672. The Morgan fingerprint density at radius 3 is 2.35 bits per heavy atom. The molecule has 0 amide bonds. The average molecular weight is 283 g/mol. The van der Waals surface area contributed by atoms with Gasteiger partial charge >= 0.3 is 0 Å². The maximum atomic E-state index is 3.76. The van der Waals surface area contributed by atoms with Crippen LogP contribution in [0.25, 0.3) is 0 Å². The molecule has 20 heavy (non-hydrogen) atoms. The third kappa shape index (κ3) is 5.73. The van der Waals surface area contributed by atoms with Crippen LogP contribution in [0.4, 0.5) is 0 Å². The zero-order valence-electron chi connectivity index (χ0n) is 14.6. The molecule has 0 aromatic heterocycles. The van der Waals surface area contributed by atoms with Gasteiger partial charge in [0.1, 0.15) is 0 Å². The van der Waals surface area contributed by atoms with Crippen LogP contribution in [-0.2, 0) is 0 Å². The molecule has 2 nitrogen and oxygen atoms in total. The first-order valence-corrected chi connectivity index (χ1v) is 9.11. The van der Waals surface area contributed by atoms with Crippen molar-refractivity contribution in [2.24, 2.45) is 5.92 Å². The fraction of sp³-hybridized carbons (Fsp3) is 1.00. The van der Waals surface area contributed by atoms with Gasteiger partial charge in [0, 0.05) is 24.7 Å². The standard InChI is InChI=1S/C18H38N2/c1-6-12-19-16-10-9-11-18(13-16)20(14-15(4)5)17(7-2)8-3/h15-19H,6-14H2,1-5H3. The van der Waals surface area contributed by atoms with E-state index in [-0.39, 0.29) is 0 Å². The summed E-state index contributed by atoms with van der Waals surface area (Å²) in [5.41, 5.74) is 0. The maximum Gasteiger partial charge on any atom is 0.0113 e. The molecule has 0 saturated heterocycles. The van der Waals surface area contributed by atoms with Crippen molar-refractivity contribution in [2.75, 3.05) is 13.1 Å². The maximum absolute atomic E-state index is 3.76. The van der Waals surface area contributed by atoms with E-state index in [2.05, 4.69) is 44.8 Å². The van der Waals surface area contributed by atoms with Crippen LogP contribution in [0.1, 0.15) is 79.6 Å². The van der Waals surface area contributed by atoms with Crippen molar-refractivity contribution in [1.82, 2.24) is 10.2 Å². The first-order valence-electron chi connectivity index (χ1n) is 9.11. The van der Waals surface area contributed by atoms with Crippen LogP contribution in [0.3, 0.4) is 0 Å². The van der Waals surface area contributed by atoms with Crippen LogP contribution in [-0.4, -0.2) is 36.1 Å². The molecule has 0 spiro atoms. The summed E-state index contributed by atoms with van der Waals surface area (Å²) in [6.07, 6.45) is 9.41. The van der Waals surface area contributed by atoms with E-state index in [1.165, 1.54) is 58.0 Å². The molecule has 120 valence electrons. The van der Waals surface area contributed by atoms with E-state index in [0.29, 0.717) is 0 Å². The second-order valence-electron chi connectivity index (χ2n) is 7.03. The highest BCUT2D eigenvalue weighted by atomic mass is 15.2. The van der Waals surface area contributed by atoms with Gasteiger partial charge in [0.05, 0.1) is 0 Å². The Morgan fingerprint density at radius 2 is 1.80 bits per heavy atom. The molecular formula is C18H38N2. The van der Waals surface area contributed by atoms with Gasteiger partial charge in [0.15, 0.2) is 0 Å². The fourth-order valence-corrected chi connectivity index (χ4v) is 3.77. The zero-order valence-corrected chi connectivity index (χ0v) is 14.6. The van der Waals surface area contributed by atoms with Crippen molar-refractivity contribution in [2.45, 2.75) is 97.7 Å². The average Bonchev–Trinajstić information content (AvgIpc) is 2.45. The van der Waals surface area contributed by atoms with Gasteiger partial charge in [-0.1, -0.05) is 41.0 Å². The van der Waals surface area contributed by atoms with E-state index in [1.807, 2.05) is 0 Å². The molecule has 0 aromatic carbocycles. The van der Waals surface area contributed by atoms with E-state index >= 15 is 0 Å². The lowest BCUT2D eigenvalue weighted by atomic mass is 9.88. The van der Waals surface area contributed by atoms with Crippen LogP contribution in [0, 0.1) is 5.92 Å². The summed E-state index contributed by atoms with van der Waals surface area (Å²) in [7, 11) is 0.